The summed E-state index contributed by atoms with van der Waals surface area (Å²) >= 11 is 0. The van der Waals surface area contributed by atoms with Gasteiger partial charge in [-0.25, -0.2) is 8.42 Å². The van der Waals surface area contributed by atoms with Gasteiger partial charge in [-0.2, -0.15) is 4.31 Å². The molecule has 0 aromatic heterocycles. The predicted molar refractivity (Wildman–Crippen MR) is 120 cm³/mol. The smallest absolute Gasteiger partial charge is 0.271 e. The first-order chi connectivity index (χ1) is 15.8. The molecule has 0 saturated carbocycles. The maximum Gasteiger partial charge on any atom is 0.271 e. The number of amides is 1. The highest BCUT2D eigenvalue weighted by Crippen LogP contribution is 2.35. The molecule has 33 heavy (non-hydrogen) atoms. The second-order valence-electron chi connectivity index (χ2n) is 8.01. The van der Waals surface area contributed by atoms with E-state index in [1.54, 1.807) is 17.0 Å². The summed E-state index contributed by atoms with van der Waals surface area (Å²) in [6.07, 6.45) is 1.41. The quantitative estimate of drug-likeness (QED) is 0.465. The van der Waals surface area contributed by atoms with Crippen LogP contribution < -0.4 is 14.4 Å². The molecule has 0 N–H and O–H groups in total. The molecule has 2 aromatic rings. The summed E-state index contributed by atoms with van der Waals surface area (Å²) in [4.78, 5) is 25.5. The monoisotopic (exact) mass is 475 g/mol. The van der Waals surface area contributed by atoms with E-state index >= 15 is 0 Å². The Bertz CT molecular complexity index is 1190. The third-order valence-corrected chi connectivity index (χ3v) is 8.13. The molecule has 176 valence electrons. The Morgan fingerprint density at radius 3 is 2.36 bits per heavy atom. The largest absolute Gasteiger partial charge is 0.493 e. The first-order valence-electron chi connectivity index (χ1n) is 10.6. The number of rotatable bonds is 6. The van der Waals surface area contributed by atoms with Crippen LogP contribution in [0.4, 0.5) is 11.4 Å². The van der Waals surface area contributed by atoms with Gasteiger partial charge in [0.05, 0.1) is 29.7 Å². The average molecular weight is 476 g/mol. The molecular weight excluding hydrogens is 450 g/mol. The first kappa shape index (κ1) is 23.0. The minimum atomic E-state index is -3.75. The average Bonchev–Trinajstić information content (AvgIpc) is 3.26. The highest BCUT2D eigenvalue weighted by Gasteiger charge is 2.36. The number of carbonyl (C=O) groups is 1. The van der Waals surface area contributed by atoms with Crippen molar-refractivity contribution in [3.8, 4) is 11.5 Å². The molecule has 0 radical (unpaired) electrons. The van der Waals surface area contributed by atoms with Gasteiger partial charge in [0.2, 0.25) is 15.9 Å². The van der Waals surface area contributed by atoms with Crippen LogP contribution in [0.5, 0.6) is 11.5 Å². The summed E-state index contributed by atoms with van der Waals surface area (Å²) in [5.41, 5.74) is 1.43. The van der Waals surface area contributed by atoms with Gasteiger partial charge in [-0.1, -0.05) is 6.07 Å². The summed E-state index contributed by atoms with van der Waals surface area (Å²) in [5.74, 6) is 0.307. The third-order valence-electron chi connectivity index (χ3n) is 6.24. The SMILES string of the molecule is COc1ccc(S(=O)(=O)N2CCC(C(=O)N3CCc4ccc([N+](=O)[O-])cc43)CC2)cc1OC. The van der Waals surface area contributed by atoms with Crippen LogP contribution in [0.25, 0.3) is 0 Å². The van der Waals surface area contributed by atoms with E-state index in [0.29, 0.717) is 43.0 Å². The first-order valence-corrected chi connectivity index (χ1v) is 12.0. The minimum absolute atomic E-state index is 0.0516. The molecule has 0 unspecified atom stereocenters. The summed E-state index contributed by atoms with van der Waals surface area (Å²) in [6, 6.07) is 9.04. The Hall–Kier alpha value is -3.18. The van der Waals surface area contributed by atoms with Gasteiger partial charge in [0.25, 0.3) is 5.69 Å². The van der Waals surface area contributed by atoms with Crippen molar-refractivity contribution in [2.45, 2.75) is 24.2 Å². The fourth-order valence-corrected chi connectivity index (χ4v) is 5.89. The summed E-state index contributed by atoms with van der Waals surface area (Å²) in [7, 11) is -0.836. The van der Waals surface area contributed by atoms with Gasteiger partial charge in [0, 0.05) is 43.8 Å². The van der Waals surface area contributed by atoms with E-state index in [4.69, 9.17) is 9.47 Å². The lowest BCUT2D eigenvalue weighted by atomic mass is 9.96. The Kier molecular flexibility index (Phi) is 6.26. The number of hydrogen-bond donors (Lipinski definition) is 0. The number of carbonyl (C=O) groups excluding carboxylic acids is 1. The topological polar surface area (TPSA) is 119 Å². The number of sulfonamides is 1. The highest BCUT2D eigenvalue weighted by atomic mass is 32.2. The van der Waals surface area contributed by atoms with Crippen LogP contribution >= 0.6 is 0 Å². The molecule has 0 aliphatic carbocycles. The fourth-order valence-electron chi connectivity index (χ4n) is 4.40. The number of nitro groups is 1. The Morgan fingerprint density at radius 2 is 1.73 bits per heavy atom. The summed E-state index contributed by atoms with van der Waals surface area (Å²) in [5, 5.41) is 11.1. The molecule has 1 amide bonds. The molecule has 1 fully saturated rings. The number of piperidine rings is 1. The molecule has 2 heterocycles. The second kappa shape index (κ2) is 8.99. The third kappa shape index (κ3) is 4.25. The van der Waals surface area contributed by atoms with Crippen LogP contribution in [0.15, 0.2) is 41.3 Å². The van der Waals surface area contributed by atoms with Crippen LogP contribution in [-0.2, 0) is 21.2 Å². The molecular formula is C22H25N3O7S. The van der Waals surface area contributed by atoms with Crippen molar-refractivity contribution >= 4 is 27.3 Å². The number of nitrogens with zero attached hydrogens (tertiary/aromatic N) is 3. The minimum Gasteiger partial charge on any atom is -0.493 e. The van der Waals surface area contributed by atoms with Crippen molar-refractivity contribution in [3.05, 3.63) is 52.1 Å². The van der Waals surface area contributed by atoms with Gasteiger partial charge >= 0.3 is 0 Å². The number of benzene rings is 2. The van der Waals surface area contributed by atoms with E-state index in [1.807, 2.05) is 0 Å². The zero-order valence-electron chi connectivity index (χ0n) is 18.4. The van der Waals surface area contributed by atoms with Crippen molar-refractivity contribution in [1.29, 1.82) is 0 Å². The fraction of sp³-hybridized carbons (Fsp3) is 0.409. The van der Waals surface area contributed by atoms with Crippen molar-refractivity contribution in [1.82, 2.24) is 4.31 Å². The van der Waals surface area contributed by atoms with Gasteiger partial charge in [0.1, 0.15) is 0 Å². The second-order valence-corrected chi connectivity index (χ2v) is 9.94. The van der Waals surface area contributed by atoms with Crippen LogP contribution in [0, 0.1) is 16.0 Å². The number of methoxy groups -OCH3 is 2. The van der Waals surface area contributed by atoms with Gasteiger partial charge in [-0.05, 0) is 37.0 Å². The molecule has 0 atom stereocenters. The molecule has 2 aliphatic heterocycles. The van der Waals surface area contributed by atoms with Crippen molar-refractivity contribution in [3.63, 3.8) is 0 Å². The standard InChI is InChI=1S/C22H25N3O7S/c1-31-20-6-5-18(14-21(20)32-2)33(29,30)23-10-7-16(8-11-23)22(26)24-12-9-15-3-4-17(25(27)28)13-19(15)24/h3-6,13-14,16H,7-12H2,1-2H3. The summed E-state index contributed by atoms with van der Waals surface area (Å²) in [6.45, 7) is 0.894. The van der Waals surface area contributed by atoms with E-state index in [2.05, 4.69) is 0 Å². The van der Waals surface area contributed by atoms with Crippen LogP contribution in [0.1, 0.15) is 18.4 Å². The molecule has 2 aliphatic rings. The van der Waals surface area contributed by atoms with Gasteiger partial charge in [0.15, 0.2) is 11.5 Å². The Balaban J connectivity index is 1.46. The number of nitro benzene ring substituents is 1. The van der Waals surface area contributed by atoms with Crippen molar-refractivity contribution in [2.24, 2.45) is 5.92 Å². The number of fused-ring (bicyclic) bond motifs is 1. The van der Waals surface area contributed by atoms with Gasteiger partial charge in [-0.3, -0.25) is 14.9 Å². The lowest BCUT2D eigenvalue weighted by molar-refractivity contribution is -0.384. The van der Waals surface area contributed by atoms with E-state index in [0.717, 1.165) is 5.56 Å². The lowest BCUT2D eigenvalue weighted by Gasteiger charge is -2.32. The number of anilines is 1. The maximum absolute atomic E-state index is 13.2. The molecule has 10 nitrogen and oxygen atoms in total. The van der Waals surface area contributed by atoms with Crippen LogP contribution in [0.3, 0.4) is 0 Å². The van der Waals surface area contributed by atoms with E-state index in [-0.39, 0.29) is 35.5 Å². The Labute approximate surface area is 191 Å². The molecule has 0 bridgehead atoms. The van der Waals surface area contributed by atoms with E-state index in [9.17, 15) is 23.3 Å². The zero-order valence-corrected chi connectivity index (χ0v) is 19.2. The van der Waals surface area contributed by atoms with Gasteiger partial charge in [-0.15, -0.1) is 0 Å². The maximum atomic E-state index is 13.2. The van der Waals surface area contributed by atoms with Crippen LogP contribution in [0.2, 0.25) is 0 Å². The number of ether oxygens (including phenoxy) is 2. The van der Waals surface area contributed by atoms with E-state index < -0.39 is 14.9 Å². The predicted octanol–water partition coefficient (Wildman–Crippen LogP) is 2.60. The van der Waals surface area contributed by atoms with Crippen molar-refractivity contribution in [2.75, 3.05) is 38.8 Å². The summed E-state index contributed by atoms with van der Waals surface area (Å²) < 4.78 is 38.0. The van der Waals surface area contributed by atoms with E-state index in [1.165, 1.54) is 42.8 Å². The number of non-ortho nitro benzene ring substituents is 1. The van der Waals surface area contributed by atoms with Crippen LogP contribution in [-0.4, -0.2) is 57.4 Å². The lowest BCUT2D eigenvalue weighted by Crippen LogP contribution is -2.44. The Morgan fingerprint density at radius 1 is 1.03 bits per heavy atom. The zero-order chi connectivity index (χ0) is 23.8. The molecule has 11 heteroatoms. The number of hydrogen-bond acceptors (Lipinski definition) is 7. The van der Waals surface area contributed by atoms with Gasteiger partial charge < -0.3 is 14.4 Å². The molecule has 1 saturated heterocycles. The normalized spacial score (nSPS) is 17.0. The van der Waals surface area contributed by atoms with Crippen molar-refractivity contribution < 1.29 is 27.6 Å². The molecule has 4 rings (SSSR count). The molecule has 2 aromatic carbocycles. The molecule has 0 spiro atoms. The highest BCUT2D eigenvalue weighted by molar-refractivity contribution is 7.89.